The summed E-state index contributed by atoms with van der Waals surface area (Å²) in [6.07, 6.45) is -3.22. The van der Waals surface area contributed by atoms with E-state index in [0.29, 0.717) is 22.2 Å². The number of benzene rings is 1. The normalized spacial score (nSPS) is 13.2. The van der Waals surface area contributed by atoms with Crippen molar-refractivity contribution in [1.29, 1.82) is 0 Å². The molecule has 0 spiro atoms. The zero-order chi connectivity index (χ0) is 15.6. The largest absolute Gasteiger partial charge is 0.417 e. The van der Waals surface area contributed by atoms with Crippen LogP contribution in [0.1, 0.15) is 22.9 Å². The van der Waals surface area contributed by atoms with E-state index in [1.54, 1.807) is 18.2 Å². The van der Waals surface area contributed by atoms with Crippen LogP contribution in [0.4, 0.5) is 13.2 Å². The molecule has 0 radical (unpaired) electrons. The van der Waals surface area contributed by atoms with Gasteiger partial charge in [0.25, 0.3) is 0 Å². The molecular formula is C14H11Cl2F3N2. The van der Waals surface area contributed by atoms with Gasteiger partial charge >= 0.3 is 6.18 Å². The first-order chi connectivity index (χ1) is 9.77. The number of nitrogens with zero attached hydrogens (tertiary/aromatic N) is 1. The molecule has 7 heteroatoms. The highest BCUT2D eigenvalue weighted by Crippen LogP contribution is 2.29. The van der Waals surface area contributed by atoms with Gasteiger partial charge in [-0.05, 0) is 36.2 Å². The highest BCUT2D eigenvalue weighted by molar-refractivity contribution is 6.42. The Labute approximate surface area is 129 Å². The molecule has 2 nitrogen and oxygen atoms in total. The number of hydrogen-bond acceptors (Lipinski definition) is 2. The zero-order valence-electron chi connectivity index (χ0n) is 10.7. The van der Waals surface area contributed by atoms with E-state index in [-0.39, 0.29) is 0 Å². The van der Waals surface area contributed by atoms with E-state index in [2.05, 4.69) is 4.98 Å². The molecule has 0 bridgehead atoms. The molecule has 2 aromatic rings. The molecular weight excluding hydrogens is 324 g/mol. The highest BCUT2D eigenvalue weighted by Gasteiger charge is 2.30. The topological polar surface area (TPSA) is 38.9 Å². The summed E-state index contributed by atoms with van der Waals surface area (Å²) in [4.78, 5) is 3.78. The third kappa shape index (κ3) is 4.09. The molecule has 0 aliphatic carbocycles. The first kappa shape index (κ1) is 16.1. The molecule has 1 aromatic carbocycles. The minimum Gasteiger partial charge on any atom is -0.322 e. The summed E-state index contributed by atoms with van der Waals surface area (Å²) in [5.41, 5.74) is 6.37. The lowest BCUT2D eigenvalue weighted by atomic mass is 10.0. The maximum atomic E-state index is 12.5. The number of pyridine rings is 1. The molecule has 0 saturated heterocycles. The summed E-state index contributed by atoms with van der Waals surface area (Å²) in [6.45, 7) is 0. The Morgan fingerprint density at radius 1 is 1.10 bits per heavy atom. The average Bonchev–Trinajstić information content (AvgIpc) is 2.42. The van der Waals surface area contributed by atoms with Crippen LogP contribution in [-0.4, -0.2) is 4.98 Å². The number of hydrogen-bond donors (Lipinski definition) is 1. The molecule has 1 atom stereocenters. The van der Waals surface area contributed by atoms with Gasteiger partial charge in [0, 0.05) is 6.20 Å². The number of nitrogens with two attached hydrogens (primary N) is 1. The second-order valence-corrected chi connectivity index (χ2v) is 5.34. The minimum absolute atomic E-state index is 0.383. The monoisotopic (exact) mass is 334 g/mol. The molecule has 0 fully saturated rings. The number of alkyl halides is 3. The lowest BCUT2D eigenvalue weighted by Gasteiger charge is -2.13. The van der Waals surface area contributed by atoms with Gasteiger partial charge in [-0.2, -0.15) is 13.2 Å². The van der Waals surface area contributed by atoms with Crippen molar-refractivity contribution < 1.29 is 13.2 Å². The Kier molecular flexibility index (Phi) is 4.76. The van der Waals surface area contributed by atoms with E-state index in [1.807, 2.05) is 0 Å². The highest BCUT2D eigenvalue weighted by atomic mass is 35.5. The second-order valence-electron chi connectivity index (χ2n) is 4.53. The summed E-state index contributed by atoms with van der Waals surface area (Å²) in [5, 5.41) is 0.836. The van der Waals surface area contributed by atoms with Crippen molar-refractivity contribution >= 4 is 23.2 Å². The summed E-state index contributed by atoms with van der Waals surface area (Å²) in [6, 6.07) is 6.81. The van der Waals surface area contributed by atoms with Crippen LogP contribution in [0.5, 0.6) is 0 Å². The fourth-order valence-electron chi connectivity index (χ4n) is 1.82. The third-order valence-corrected chi connectivity index (χ3v) is 3.67. The smallest absolute Gasteiger partial charge is 0.322 e. The number of rotatable bonds is 3. The van der Waals surface area contributed by atoms with E-state index in [1.165, 1.54) is 6.07 Å². The summed E-state index contributed by atoms with van der Waals surface area (Å²) in [5.74, 6) is 0. The van der Waals surface area contributed by atoms with Crippen LogP contribution in [0.25, 0.3) is 0 Å². The predicted molar refractivity (Wildman–Crippen MR) is 76.3 cm³/mol. The van der Waals surface area contributed by atoms with Crippen LogP contribution >= 0.6 is 23.2 Å². The molecule has 112 valence electrons. The lowest BCUT2D eigenvalue weighted by molar-refractivity contribution is -0.137. The van der Waals surface area contributed by atoms with Crippen molar-refractivity contribution in [3.05, 3.63) is 63.4 Å². The lowest BCUT2D eigenvalue weighted by Crippen LogP contribution is -2.16. The van der Waals surface area contributed by atoms with Gasteiger partial charge < -0.3 is 5.73 Å². The molecule has 1 aromatic heterocycles. The van der Waals surface area contributed by atoms with Gasteiger partial charge in [-0.1, -0.05) is 29.3 Å². The molecule has 1 unspecified atom stereocenters. The first-order valence-corrected chi connectivity index (χ1v) is 6.75. The van der Waals surface area contributed by atoms with Gasteiger partial charge in [-0.15, -0.1) is 0 Å². The molecule has 0 saturated carbocycles. The molecule has 0 amide bonds. The fourth-order valence-corrected chi connectivity index (χ4v) is 2.14. The fraction of sp³-hybridized carbons (Fsp3) is 0.214. The van der Waals surface area contributed by atoms with Crippen molar-refractivity contribution in [1.82, 2.24) is 4.98 Å². The summed E-state index contributed by atoms with van der Waals surface area (Å²) >= 11 is 11.7. The van der Waals surface area contributed by atoms with Crippen LogP contribution in [0.3, 0.4) is 0 Å². The molecule has 0 aliphatic rings. The Morgan fingerprint density at radius 3 is 2.33 bits per heavy atom. The molecule has 21 heavy (non-hydrogen) atoms. The van der Waals surface area contributed by atoms with Crippen LogP contribution in [0, 0.1) is 0 Å². The minimum atomic E-state index is -4.40. The Balaban J connectivity index is 2.13. The van der Waals surface area contributed by atoms with Crippen molar-refractivity contribution in [2.75, 3.05) is 0 Å². The Morgan fingerprint density at radius 2 is 1.81 bits per heavy atom. The zero-order valence-corrected chi connectivity index (χ0v) is 12.2. The summed E-state index contributed by atoms with van der Waals surface area (Å²) < 4.78 is 37.4. The van der Waals surface area contributed by atoms with E-state index < -0.39 is 17.8 Å². The van der Waals surface area contributed by atoms with E-state index >= 15 is 0 Å². The van der Waals surface area contributed by atoms with Crippen molar-refractivity contribution in [2.24, 2.45) is 5.73 Å². The van der Waals surface area contributed by atoms with Gasteiger partial charge in [0.2, 0.25) is 0 Å². The van der Waals surface area contributed by atoms with E-state index in [0.717, 1.165) is 17.8 Å². The standard InChI is InChI=1S/C14H11Cl2F3N2/c15-10-3-1-8(5-11(10)16)6-12(20)13-4-2-9(7-21-13)14(17,18)19/h1-5,7,12H,6,20H2. The summed E-state index contributed by atoms with van der Waals surface area (Å²) in [7, 11) is 0. The Bertz CT molecular complexity index is 627. The predicted octanol–water partition coefficient (Wildman–Crippen LogP) is 4.65. The third-order valence-electron chi connectivity index (χ3n) is 2.93. The van der Waals surface area contributed by atoms with Crippen LogP contribution in [0.15, 0.2) is 36.5 Å². The maximum absolute atomic E-state index is 12.5. The first-order valence-electron chi connectivity index (χ1n) is 6.00. The molecule has 2 N–H and O–H groups in total. The average molecular weight is 335 g/mol. The van der Waals surface area contributed by atoms with Crippen molar-refractivity contribution in [3.63, 3.8) is 0 Å². The van der Waals surface area contributed by atoms with Crippen molar-refractivity contribution in [2.45, 2.75) is 18.6 Å². The van der Waals surface area contributed by atoms with Gasteiger partial charge in [-0.25, -0.2) is 0 Å². The Hall–Kier alpha value is -1.30. The molecule has 0 aliphatic heterocycles. The van der Waals surface area contributed by atoms with Crippen molar-refractivity contribution in [3.8, 4) is 0 Å². The molecule has 2 rings (SSSR count). The van der Waals surface area contributed by atoms with Gasteiger partial charge in [-0.3, -0.25) is 4.98 Å². The van der Waals surface area contributed by atoms with E-state index in [9.17, 15) is 13.2 Å². The second kappa shape index (κ2) is 6.22. The van der Waals surface area contributed by atoms with Gasteiger partial charge in [0.15, 0.2) is 0 Å². The maximum Gasteiger partial charge on any atom is 0.417 e. The van der Waals surface area contributed by atoms with Crippen LogP contribution < -0.4 is 5.73 Å². The number of aromatic nitrogens is 1. The van der Waals surface area contributed by atoms with Gasteiger partial charge in [0.1, 0.15) is 0 Å². The number of halogens is 5. The van der Waals surface area contributed by atoms with Crippen LogP contribution in [-0.2, 0) is 12.6 Å². The van der Waals surface area contributed by atoms with Gasteiger partial charge in [0.05, 0.1) is 27.3 Å². The quantitative estimate of drug-likeness (QED) is 0.887. The molecule has 1 heterocycles. The van der Waals surface area contributed by atoms with E-state index in [4.69, 9.17) is 28.9 Å². The SMILES string of the molecule is NC(Cc1ccc(Cl)c(Cl)c1)c1ccc(C(F)(F)F)cn1. The van der Waals surface area contributed by atoms with Crippen LogP contribution in [0.2, 0.25) is 10.0 Å².